The van der Waals surface area contributed by atoms with Crippen molar-refractivity contribution in [2.24, 2.45) is 5.92 Å². The number of rotatable bonds is 5. The second-order valence-corrected chi connectivity index (χ2v) is 8.90. The molecule has 0 amide bonds. The van der Waals surface area contributed by atoms with Crippen LogP contribution in [0.2, 0.25) is 0 Å². The average molecular weight is 364 g/mol. The Morgan fingerprint density at radius 2 is 2.17 bits per heavy atom. The Morgan fingerprint density at radius 3 is 2.83 bits per heavy atom. The van der Waals surface area contributed by atoms with Crippen LogP contribution in [0.1, 0.15) is 31.2 Å². The molecule has 0 atom stereocenters. The summed E-state index contributed by atoms with van der Waals surface area (Å²) in [7, 11) is -1.69. The number of sulfonamides is 1. The molecule has 24 heavy (non-hydrogen) atoms. The van der Waals surface area contributed by atoms with Crippen molar-refractivity contribution in [3.63, 3.8) is 0 Å². The number of nitrogens with zero attached hydrogens (tertiary/aromatic N) is 1. The molecular weight excluding hydrogens is 344 g/mol. The molecule has 1 N–H and O–H groups in total. The molecule has 1 aliphatic rings. The highest BCUT2D eigenvalue weighted by Crippen LogP contribution is 2.35. The third-order valence-corrected chi connectivity index (χ3v) is 6.80. The molecule has 128 valence electrons. The van der Waals surface area contributed by atoms with Crippen molar-refractivity contribution in [2.45, 2.75) is 31.8 Å². The number of pyridine rings is 1. The zero-order valence-electron chi connectivity index (χ0n) is 13.5. The van der Waals surface area contributed by atoms with Crippen LogP contribution in [0.3, 0.4) is 0 Å². The largest absolute Gasteiger partial charge is 0.488 e. The first kappa shape index (κ1) is 17.2. The normalized spacial score (nSPS) is 21.5. The maximum Gasteiger partial charge on any atom is 0.211 e. The minimum Gasteiger partial charge on any atom is -0.488 e. The smallest absolute Gasteiger partial charge is 0.211 e. The van der Waals surface area contributed by atoms with Gasteiger partial charge in [0, 0.05) is 6.20 Å². The number of terminal acetylenes is 1. The Bertz CT molecular complexity index is 860. The van der Waals surface area contributed by atoms with E-state index in [-0.39, 0.29) is 17.8 Å². The molecule has 0 unspecified atom stereocenters. The summed E-state index contributed by atoms with van der Waals surface area (Å²) in [5.74, 6) is 3.75. The Morgan fingerprint density at radius 1 is 1.42 bits per heavy atom. The molecule has 0 radical (unpaired) electrons. The predicted octanol–water partition coefficient (Wildman–Crippen LogP) is 2.76. The summed E-state index contributed by atoms with van der Waals surface area (Å²) >= 11 is 1.56. The first-order valence-electron chi connectivity index (χ1n) is 7.93. The summed E-state index contributed by atoms with van der Waals surface area (Å²) in [6.07, 6.45) is 10.7. The molecule has 3 rings (SSSR count). The van der Waals surface area contributed by atoms with Crippen LogP contribution in [0.15, 0.2) is 17.6 Å². The second-order valence-electron chi connectivity index (χ2n) is 6.03. The van der Waals surface area contributed by atoms with Gasteiger partial charge in [0.2, 0.25) is 10.0 Å². The van der Waals surface area contributed by atoms with Crippen molar-refractivity contribution in [2.75, 3.05) is 12.8 Å². The van der Waals surface area contributed by atoms with Crippen molar-refractivity contribution in [3.8, 4) is 18.1 Å². The van der Waals surface area contributed by atoms with Crippen molar-refractivity contribution in [1.82, 2.24) is 9.71 Å². The van der Waals surface area contributed by atoms with E-state index < -0.39 is 10.0 Å². The second kappa shape index (κ2) is 7.09. The van der Waals surface area contributed by atoms with Crippen molar-refractivity contribution < 1.29 is 13.2 Å². The van der Waals surface area contributed by atoms with Crippen molar-refractivity contribution >= 4 is 31.6 Å². The molecule has 7 heteroatoms. The van der Waals surface area contributed by atoms with E-state index in [1.807, 2.05) is 11.4 Å². The van der Waals surface area contributed by atoms with E-state index >= 15 is 0 Å². The first-order chi connectivity index (χ1) is 11.5. The van der Waals surface area contributed by atoms with Crippen LogP contribution in [0.5, 0.6) is 5.75 Å². The fourth-order valence-corrected chi connectivity index (χ4v) is 4.96. The summed E-state index contributed by atoms with van der Waals surface area (Å²) < 4.78 is 31.9. The molecule has 0 saturated heterocycles. The summed E-state index contributed by atoms with van der Waals surface area (Å²) in [4.78, 5) is 5.26. The lowest BCUT2D eigenvalue weighted by molar-refractivity contribution is 0.137. The topological polar surface area (TPSA) is 68.3 Å². The SMILES string of the molecule is C#Cc1cnc2sccc2c1OC1CCC(CS(=O)(=O)NC)CC1. The Labute approximate surface area is 146 Å². The van der Waals surface area contributed by atoms with Gasteiger partial charge in [0.15, 0.2) is 0 Å². The highest BCUT2D eigenvalue weighted by Gasteiger charge is 2.27. The summed E-state index contributed by atoms with van der Waals surface area (Å²) in [6, 6.07) is 1.98. The van der Waals surface area contributed by atoms with Gasteiger partial charge in [-0.25, -0.2) is 18.1 Å². The zero-order valence-corrected chi connectivity index (χ0v) is 15.1. The van der Waals surface area contributed by atoms with E-state index in [1.165, 1.54) is 7.05 Å². The molecule has 1 fully saturated rings. The van der Waals surface area contributed by atoms with Gasteiger partial charge in [0.25, 0.3) is 0 Å². The maximum absolute atomic E-state index is 11.7. The predicted molar refractivity (Wildman–Crippen MR) is 96.8 cm³/mol. The van der Waals surface area contributed by atoms with Crippen LogP contribution in [-0.4, -0.2) is 32.3 Å². The van der Waals surface area contributed by atoms with Gasteiger partial charge in [-0.2, -0.15) is 0 Å². The van der Waals surface area contributed by atoms with Crippen LogP contribution in [0, 0.1) is 18.3 Å². The van der Waals surface area contributed by atoms with Crippen LogP contribution in [-0.2, 0) is 10.0 Å². The summed E-state index contributed by atoms with van der Waals surface area (Å²) in [5, 5.41) is 2.93. The van der Waals surface area contributed by atoms with E-state index in [0.29, 0.717) is 5.56 Å². The molecule has 2 aromatic rings. The number of hydrogen-bond donors (Lipinski definition) is 1. The molecule has 2 heterocycles. The quantitative estimate of drug-likeness (QED) is 0.829. The molecule has 0 bridgehead atoms. The van der Waals surface area contributed by atoms with E-state index in [2.05, 4.69) is 15.6 Å². The Balaban J connectivity index is 1.69. The van der Waals surface area contributed by atoms with Gasteiger partial charge in [0.1, 0.15) is 10.6 Å². The molecular formula is C17H20N2O3S2. The third kappa shape index (κ3) is 3.72. The lowest BCUT2D eigenvalue weighted by atomic mass is 9.88. The van der Waals surface area contributed by atoms with Gasteiger partial charge >= 0.3 is 0 Å². The third-order valence-electron chi connectivity index (χ3n) is 4.44. The van der Waals surface area contributed by atoms with E-state index in [9.17, 15) is 8.42 Å². The highest BCUT2D eigenvalue weighted by atomic mass is 32.2. The van der Waals surface area contributed by atoms with Gasteiger partial charge in [0.05, 0.1) is 22.8 Å². The number of ether oxygens (including phenoxy) is 1. The summed E-state index contributed by atoms with van der Waals surface area (Å²) in [6.45, 7) is 0. The molecule has 1 saturated carbocycles. The minimum absolute atomic E-state index is 0.0659. The van der Waals surface area contributed by atoms with Crippen LogP contribution < -0.4 is 9.46 Å². The summed E-state index contributed by atoms with van der Waals surface area (Å²) in [5.41, 5.74) is 0.667. The van der Waals surface area contributed by atoms with Gasteiger partial charge in [-0.1, -0.05) is 5.92 Å². The standard InChI is InChI=1S/C17H20N2O3S2/c1-3-13-10-19-17-15(8-9-23-17)16(13)22-14-6-4-12(5-7-14)11-24(20,21)18-2/h1,8-10,12,14,18H,4-7,11H2,2H3. The lowest BCUT2D eigenvalue weighted by Crippen LogP contribution is -2.31. The van der Waals surface area contributed by atoms with Crippen molar-refractivity contribution in [3.05, 3.63) is 23.2 Å². The van der Waals surface area contributed by atoms with Gasteiger partial charge in [-0.05, 0) is 50.1 Å². The molecule has 0 spiro atoms. The van der Waals surface area contributed by atoms with Crippen LogP contribution >= 0.6 is 11.3 Å². The fourth-order valence-electron chi connectivity index (χ4n) is 3.11. The lowest BCUT2D eigenvalue weighted by Gasteiger charge is -2.29. The van der Waals surface area contributed by atoms with Gasteiger partial charge in [-0.15, -0.1) is 17.8 Å². The Hall–Kier alpha value is -1.62. The minimum atomic E-state index is -3.15. The number of nitrogens with one attached hydrogen (secondary N) is 1. The number of aromatic nitrogens is 1. The molecule has 0 aliphatic heterocycles. The number of thiophene rings is 1. The molecule has 5 nitrogen and oxygen atoms in total. The maximum atomic E-state index is 11.7. The van der Waals surface area contributed by atoms with E-state index in [4.69, 9.17) is 11.2 Å². The zero-order chi connectivity index (χ0) is 17.2. The average Bonchev–Trinajstić information content (AvgIpc) is 3.05. The van der Waals surface area contributed by atoms with E-state index in [1.54, 1.807) is 17.5 Å². The molecule has 0 aromatic carbocycles. The van der Waals surface area contributed by atoms with Crippen molar-refractivity contribution in [1.29, 1.82) is 0 Å². The number of hydrogen-bond acceptors (Lipinski definition) is 5. The highest BCUT2D eigenvalue weighted by molar-refractivity contribution is 7.89. The first-order valence-corrected chi connectivity index (χ1v) is 10.5. The van der Waals surface area contributed by atoms with E-state index in [0.717, 1.165) is 41.6 Å². The Kier molecular flexibility index (Phi) is 5.09. The van der Waals surface area contributed by atoms with Crippen LogP contribution in [0.4, 0.5) is 0 Å². The van der Waals surface area contributed by atoms with Gasteiger partial charge in [-0.3, -0.25) is 0 Å². The number of fused-ring (bicyclic) bond motifs is 1. The fraction of sp³-hybridized carbons (Fsp3) is 0.471. The molecule has 1 aliphatic carbocycles. The monoisotopic (exact) mass is 364 g/mol. The molecule has 2 aromatic heterocycles. The van der Waals surface area contributed by atoms with Crippen LogP contribution in [0.25, 0.3) is 10.2 Å². The van der Waals surface area contributed by atoms with Gasteiger partial charge < -0.3 is 4.74 Å².